The van der Waals surface area contributed by atoms with Crippen LogP contribution in [0, 0.1) is 20.8 Å². The van der Waals surface area contributed by atoms with E-state index < -0.39 is 0 Å². The van der Waals surface area contributed by atoms with Crippen LogP contribution in [0.4, 0.5) is 0 Å². The zero-order valence-corrected chi connectivity index (χ0v) is 17.5. The minimum absolute atomic E-state index is 0.156. The molecule has 0 saturated carbocycles. The average Bonchev–Trinajstić information content (AvgIpc) is 3.02. The van der Waals surface area contributed by atoms with E-state index in [1.165, 1.54) is 16.3 Å². The van der Waals surface area contributed by atoms with Crippen LogP contribution in [-0.4, -0.2) is 31.7 Å². The lowest BCUT2D eigenvalue weighted by Crippen LogP contribution is -2.15. The van der Waals surface area contributed by atoms with Crippen LogP contribution in [-0.2, 0) is 5.75 Å². The molecule has 0 saturated heterocycles. The third-order valence-electron chi connectivity index (χ3n) is 4.54. The Hall–Kier alpha value is -3.13. The highest BCUT2D eigenvalue weighted by Gasteiger charge is 2.17. The number of para-hydroxylation sites is 1. The number of fused-ring (bicyclic) bond motifs is 1. The van der Waals surface area contributed by atoms with Crippen LogP contribution in [0.15, 0.2) is 46.3 Å². The van der Waals surface area contributed by atoms with Gasteiger partial charge in [-0.2, -0.15) is 0 Å². The van der Waals surface area contributed by atoms with Crippen molar-refractivity contribution in [2.45, 2.75) is 31.7 Å². The van der Waals surface area contributed by atoms with Gasteiger partial charge in [0.2, 0.25) is 0 Å². The molecular formula is C21H21N5O2S. The van der Waals surface area contributed by atoms with E-state index in [0.717, 1.165) is 34.0 Å². The van der Waals surface area contributed by atoms with Gasteiger partial charge < -0.3 is 4.74 Å². The van der Waals surface area contributed by atoms with Crippen molar-refractivity contribution < 1.29 is 4.74 Å². The van der Waals surface area contributed by atoms with Crippen molar-refractivity contribution in [3.05, 3.63) is 69.5 Å². The maximum Gasteiger partial charge on any atom is 0.272 e. The second-order valence-corrected chi connectivity index (χ2v) is 7.72. The summed E-state index contributed by atoms with van der Waals surface area (Å²) in [6.45, 7) is 5.81. The SMILES string of the molecule is COc1ccccc1-c1c(C)[nH]n2c(=O)cc(CSc3nc(C)cc(C)n3)nc12. The lowest BCUT2D eigenvalue weighted by Gasteiger charge is -2.08. The number of benzene rings is 1. The molecule has 7 nitrogen and oxygen atoms in total. The number of H-pyrrole nitrogens is 1. The molecule has 29 heavy (non-hydrogen) atoms. The third kappa shape index (κ3) is 3.75. The highest BCUT2D eigenvalue weighted by molar-refractivity contribution is 7.98. The van der Waals surface area contributed by atoms with Gasteiger partial charge in [0, 0.05) is 34.5 Å². The Balaban J connectivity index is 1.77. The number of nitrogens with one attached hydrogen (secondary N) is 1. The standard InChI is InChI=1S/C21H21N5O2S/c1-12-9-13(2)23-21(22-12)29-11-15-10-18(27)26-20(24-15)19(14(3)25-26)16-7-5-6-8-17(16)28-4/h5-10,25H,11H2,1-4H3. The van der Waals surface area contributed by atoms with Gasteiger partial charge in [-0.3, -0.25) is 9.89 Å². The normalized spacial score (nSPS) is 11.2. The van der Waals surface area contributed by atoms with E-state index in [9.17, 15) is 4.79 Å². The van der Waals surface area contributed by atoms with E-state index in [4.69, 9.17) is 9.72 Å². The molecule has 3 heterocycles. The molecule has 148 valence electrons. The summed E-state index contributed by atoms with van der Waals surface area (Å²) >= 11 is 1.47. The summed E-state index contributed by atoms with van der Waals surface area (Å²) in [4.78, 5) is 26.3. The van der Waals surface area contributed by atoms with Crippen molar-refractivity contribution in [2.75, 3.05) is 7.11 Å². The van der Waals surface area contributed by atoms with E-state index in [1.807, 2.05) is 51.1 Å². The number of nitrogens with zero attached hydrogens (tertiary/aromatic N) is 4. The summed E-state index contributed by atoms with van der Waals surface area (Å²) in [6, 6.07) is 11.2. The van der Waals surface area contributed by atoms with Crippen molar-refractivity contribution in [2.24, 2.45) is 0 Å². The predicted octanol–water partition coefficient (Wildman–Crippen LogP) is 3.71. The number of methoxy groups -OCH3 is 1. The fourth-order valence-electron chi connectivity index (χ4n) is 3.34. The van der Waals surface area contributed by atoms with Crippen LogP contribution in [0.1, 0.15) is 22.8 Å². The van der Waals surface area contributed by atoms with Crippen LogP contribution < -0.4 is 10.3 Å². The number of ether oxygens (including phenoxy) is 1. The number of rotatable bonds is 5. The number of aromatic nitrogens is 5. The number of thioether (sulfide) groups is 1. The van der Waals surface area contributed by atoms with Crippen molar-refractivity contribution >= 4 is 17.4 Å². The molecule has 0 unspecified atom stereocenters. The molecule has 1 N–H and O–H groups in total. The Kier molecular flexibility index (Phi) is 5.10. The fraction of sp³-hybridized carbons (Fsp3) is 0.238. The Labute approximate surface area is 172 Å². The van der Waals surface area contributed by atoms with Gasteiger partial charge in [-0.15, -0.1) is 0 Å². The Morgan fingerprint density at radius 2 is 1.79 bits per heavy atom. The first-order valence-electron chi connectivity index (χ1n) is 9.16. The molecule has 0 aliphatic carbocycles. The van der Waals surface area contributed by atoms with Crippen molar-refractivity contribution in [1.82, 2.24) is 24.6 Å². The van der Waals surface area contributed by atoms with Gasteiger partial charge in [0.05, 0.1) is 18.4 Å². The predicted molar refractivity (Wildman–Crippen MR) is 114 cm³/mol. The van der Waals surface area contributed by atoms with Crippen molar-refractivity contribution in [3.8, 4) is 16.9 Å². The average molecular weight is 407 g/mol. The molecule has 8 heteroatoms. The maximum absolute atomic E-state index is 12.7. The van der Waals surface area contributed by atoms with Crippen LogP contribution in [0.3, 0.4) is 0 Å². The minimum Gasteiger partial charge on any atom is -0.496 e. The molecule has 0 aliphatic rings. The van der Waals surface area contributed by atoms with Crippen LogP contribution in [0.5, 0.6) is 5.75 Å². The first kappa shape index (κ1) is 19.2. The highest BCUT2D eigenvalue weighted by Crippen LogP contribution is 2.34. The molecule has 0 radical (unpaired) electrons. The molecule has 0 aliphatic heterocycles. The Morgan fingerprint density at radius 3 is 2.52 bits per heavy atom. The summed E-state index contributed by atoms with van der Waals surface area (Å²) in [5.41, 5.74) is 5.54. The zero-order valence-electron chi connectivity index (χ0n) is 16.7. The van der Waals surface area contributed by atoms with Gasteiger partial charge in [0.1, 0.15) is 5.75 Å². The molecular weight excluding hydrogens is 386 g/mol. The first-order chi connectivity index (χ1) is 14.0. The van der Waals surface area contributed by atoms with Crippen LogP contribution in [0.25, 0.3) is 16.8 Å². The first-order valence-corrected chi connectivity index (χ1v) is 10.1. The smallest absolute Gasteiger partial charge is 0.272 e. The molecule has 0 atom stereocenters. The largest absolute Gasteiger partial charge is 0.496 e. The summed E-state index contributed by atoms with van der Waals surface area (Å²) in [5.74, 6) is 1.24. The van der Waals surface area contributed by atoms with Gasteiger partial charge in [-0.25, -0.2) is 19.5 Å². The maximum atomic E-state index is 12.7. The number of aromatic amines is 1. The lowest BCUT2D eigenvalue weighted by atomic mass is 10.1. The lowest BCUT2D eigenvalue weighted by molar-refractivity contribution is 0.416. The van der Waals surface area contributed by atoms with E-state index >= 15 is 0 Å². The van der Waals surface area contributed by atoms with Crippen LogP contribution in [0.2, 0.25) is 0 Å². The van der Waals surface area contributed by atoms with E-state index in [0.29, 0.717) is 22.3 Å². The second kappa shape index (κ2) is 7.71. The molecule has 4 rings (SSSR count). The number of aryl methyl sites for hydroxylation is 3. The molecule has 1 aromatic carbocycles. The summed E-state index contributed by atoms with van der Waals surface area (Å²) in [7, 11) is 1.63. The molecule has 0 spiro atoms. The molecule has 0 amide bonds. The summed E-state index contributed by atoms with van der Waals surface area (Å²) in [5, 5.41) is 3.80. The molecule has 4 aromatic rings. The summed E-state index contributed by atoms with van der Waals surface area (Å²) in [6.07, 6.45) is 0. The Bertz CT molecular complexity index is 1240. The third-order valence-corrected chi connectivity index (χ3v) is 5.42. The summed E-state index contributed by atoms with van der Waals surface area (Å²) < 4.78 is 6.98. The zero-order chi connectivity index (χ0) is 20.5. The minimum atomic E-state index is -0.156. The number of hydrogen-bond acceptors (Lipinski definition) is 6. The van der Waals surface area contributed by atoms with Crippen molar-refractivity contribution in [1.29, 1.82) is 0 Å². The van der Waals surface area contributed by atoms with Gasteiger partial charge in [0.25, 0.3) is 5.56 Å². The monoisotopic (exact) mass is 407 g/mol. The van der Waals surface area contributed by atoms with E-state index in [-0.39, 0.29) is 5.56 Å². The Morgan fingerprint density at radius 1 is 1.07 bits per heavy atom. The highest BCUT2D eigenvalue weighted by atomic mass is 32.2. The molecule has 3 aromatic heterocycles. The van der Waals surface area contributed by atoms with Gasteiger partial charge in [-0.05, 0) is 32.9 Å². The molecule has 0 bridgehead atoms. The number of hydrogen-bond donors (Lipinski definition) is 1. The van der Waals surface area contributed by atoms with Gasteiger partial charge >= 0.3 is 0 Å². The fourth-order valence-corrected chi connectivity index (χ4v) is 4.18. The van der Waals surface area contributed by atoms with Gasteiger partial charge in [0.15, 0.2) is 10.8 Å². The van der Waals surface area contributed by atoms with E-state index in [2.05, 4.69) is 15.1 Å². The molecule has 0 fully saturated rings. The second-order valence-electron chi connectivity index (χ2n) is 6.78. The quantitative estimate of drug-likeness (QED) is 0.401. The topological polar surface area (TPSA) is 85.2 Å². The van der Waals surface area contributed by atoms with Crippen molar-refractivity contribution in [3.63, 3.8) is 0 Å². The van der Waals surface area contributed by atoms with Gasteiger partial charge in [-0.1, -0.05) is 30.0 Å². The van der Waals surface area contributed by atoms with Crippen LogP contribution >= 0.6 is 11.8 Å². The van der Waals surface area contributed by atoms with E-state index in [1.54, 1.807) is 13.2 Å².